The van der Waals surface area contributed by atoms with Gasteiger partial charge in [0, 0.05) is 19.5 Å². The Morgan fingerprint density at radius 2 is 2.05 bits per heavy atom. The van der Waals surface area contributed by atoms with Crippen LogP contribution in [0, 0.1) is 11.7 Å². The predicted molar refractivity (Wildman–Crippen MR) is 76.4 cm³/mol. The van der Waals surface area contributed by atoms with E-state index in [9.17, 15) is 14.0 Å². The quantitative estimate of drug-likeness (QED) is 0.928. The molecule has 1 atom stereocenters. The molecule has 0 unspecified atom stereocenters. The van der Waals surface area contributed by atoms with Gasteiger partial charge in [0.25, 0.3) is 0 Å². The summed E-state index contributed by atoms with van der Waals surface area (Å²) in [5.41, 5.74) is 0.809. The molecule has 1 aromatic carbocycles. The Labute approximate surface area is 123 Å². The van der Waals surface area contributed by atoms with Crippen molar-refractivity contribution in [3.8, 4) is 0 Å². The topological polar surface area (TPSA) is 57.6 Å². The molecule has 0 aromatic heterocycles. The fourth-order valence-corrected chi connectivity index (χ4v) is 2.70. The number of benzene rings is 1. The van der Waals surface area contributed by atoms with Gasteiger partial charge >= 0.3 is 5.97 Å². The van der Waals surface area contributed by atoms with Gasteiger partial charge in [0.05, 0.1) is 5.92 Å². The third kappa shape index (κ3) is 4.03. The highest BCUT2D eigenvalue weighted by molar-refractivity contribution is 5.77. The molecule has 0 saturated carbocycles. The smallest absolute Gasteiger partial charge is 0.306 e. The molecule has 1 saturated heterocycles. The Bertz CT molecular complexity index is 524. The lowest BCUT2D eigenvalue weighted by Gasteiger charge is -2.31. The third-order valence-corrected chi connectivity index (χ3v) is 4.10. The maximum absolute atomic E-state index is 13.2. The molecular weight excluding hydrogens is 273 g/mol. The van der Waals surface area contributed by atoms with Crippen LogP contribution in [0.3, 0.4) is 0 Å². The van der Waals surface area contributed by atoms with Gasteiger partial charge in [-0.05, 0) is 36.5 Å². The summed E-state index contributed by atoms with van der Waals surface area (Å²) in [5.74, 6) is -1.46. The zero-order valence-electron chi connectivity index (χ0n) is 12.1. The molecule has 1 fully saturated rings. The Balaban J connectivity index is 1.89. The number of hydrogen-bond donors (Lipinski definition) is 1. The number of halogens is 1. The number of piperidine rings is 1. The van der Waals surface area contributed by atoms with Crippen molar-refractivity contribution in [1.82, 2.24) is 4.90 Å². The lowest BCUT2D eigenvalue weighted by molar-refractivity contribution is -0.145. The SMILES string of the molecule is C[C@@H](CC(=O)N1CCC(C(=O)O)CC1)c1cccc(F)c1. The van der Waals surface area contributed by atoms with Gasteiger partial charge in [-0.3, -0.25) is 9.59 Å². The van der Waals surface area contributed by atoms with Crippen molar-refractivity contribution in [2.45, 2.75) is 32.1 Å². The second-order valence-electron chi connectivity index (χ2n) is 5.65. The van der Waals surface area contributed by atoms with E-state index in [-0.39, 0.29) is 23.6 Å². The van der Waals surface area contributed by atoms with Crippen molar-refractivity contribution >= 4 is 11.9 Å². The molecule has 1 N–H and O–H groups in total. The van der Waals surface area contributed by atoms with Gasteiger partial charge in [0.2, 0.25) is 5.91 Å². The number of nitrogens with zero attached hydrogens (tertiary/aromatic N) is 1. The molecule has 5 heteroatoms. The zero-order valence-corrected chi connectivity index (χ0v) is 12.1. The summed E-state index contributed by atoms with van der Waals surface area (Å²) >= 11 is 0. The molecule has 1 aliphatic heterocycles. The van der Waals surface area contributed by atoms with Crippen LogP contribution in [0.25, 0.3) is 0 Å². The molecule has 1 heterocycles. The van der Waals surface area contributed by atoms with E-state index >= 15 is 0 Å². The number of carboxylic acids is 1. The molecular formula is C16H20FNO3. The lowest BCUT2D eigenvalue weighted by Crippen LogP contribution is -2.40. The largest absolute Gasteiger partial charge is 0.481 e. The zero-order chi connectivity index (χ0) is 15.4. The number of amides is 1. The van der Waals surface area contributed by atoms with E-state index in [0.717, 1.165) is 5.56 Å². The normalized spacial score (nSPS) is 17.5. The van der Waals surface area contributed by atoms with E-state index < -0.39 is 5.97 Å². The fraction of sp³-hybridized carbons (Fsp3) is 0.500. The van der Waals surface area contributed by atoms with E-state index in [1.54, 1.807) is 11.0 Å². The Morgan fingerprint density at radius 1 is 1.38 bits per heavy atom. The van der Waals surface area contributed by atoms with Crippen molar-refractivity contribution in [2.24, 2.45) is 5.92 Å². The number of hydrogen-bond acceptors (Lipinski definition) is 2. The summed E-state index contributed by atoms with van der Waals surface area (Å²) in [4.78, 5) is 24.8. The maximum atomic E-state index is 13.2. The predicted octanol–water partition coefficient (Wildman–Crippen LogP) is 2.64. The van der Waals surface area contributed by atoms with Crippen LogP contribution < -0.4 is 0 Å². The van der Waals surface area contributed by atoms with Gasteiger partial charge in [-0.15, -0.1) is 0 Å². The molecule has 1 aromatic rings. The van der Waals surface area contributed by atoms with Crippen LogP contribution in [-0.2, 0) is 9.59 Å². The summed E-state index contributed by atoms with van der Waals surface area (Å²) in [6.07, 6.45) is 1.34. The minimum atomic E-state index is -0.782. The maximum Gasteiger partial charge on any atom is 0.306 e. The van der Waals surface area contributed by atoms with Crippen LogP contribution >= 0.6 is 0 Å². The molecule has 114 valence electrons. The Hall–Kier alpha value is -1.91. The van der Waals surface area contributed by atoms with E-state index in [0.29, 0.717) is 32.4 Å². The number of likely N-dealkylation sites (tertiary alicyclic amines) is 1. The second kappa shape index (κ2) is 6.70. The average molecular weight is 293 g/mol. The van der Waals surface area contributed by atoms with Gasteiger partial charge < -0.3 is 10.0 Å². The first-order chi connectivity index (χ1) is 9.97. The third-order valence-electron chi connectivity index (χ3n) is 4.10. The highest BCUT2D eigenvalue weighted by Crippen LogP contribution is 2.23. The van der Waals surface area contributed by atoms with Gasteiger partial charge in [0.15, 0.2) is 0 Å². The van der Waals surface area contributed by atoms with Crippen LogP contribution in [0.5, 0.6) is 0 Å². The first-order valence-corrected chi connectivity index (χ1v) is 7.23. The second-order valence-corrected chi connectivity index (χ2v) is 5.65. The molecule has 4 nitrogen and oxygen atoms in total. The van der Waals surface area contributed by atoms with Crippen LogP contribution in [0.15, 0.2) is 24.3 Å². The molecule has 1 aliphatic rings. The van der Waals surface area contributed by atoms with Crippen LogP contribution in [0.4, 0.5) is 4.39 Å². The number of carboxylic acid groups (broad SMARTS) is 1. The minimum Gasteiger partial charge on any atom is -0.481 e. The summed E-state index contributed by atoms with van der Waals surface area (Å²) < 4.78 is 13.2. The van der Waals surface area contributed by atoms with E-state index in [1.807, 2.05) is 13.0 Å². The number of rotatable bonds is 4. The van der Waals surface area contributed by atoms with Gasteiger partial charge in [-0.1, -0.05) is 19.1 Å². The monoisotopic (exact) mass is 293 g/mol. The molecule has 0 spiro atoms. The van der Waals surface area contributed by atoms with Crippen LogP contribution in [-0.4, -0.2) is 35.0 Å². The van der Waals surface area contributed by atoms with Crippen LogP contribution in [0.1, 0.15) is 37.7 Å². The summed E-state index contributed by atoms with van der Waals surface area (Å²) in [5, 5.41) is 8.94. The fourth-order valence-electron chi connectivity index (χ4n) is 2.70. The number of carbonyl (C=O) groups is 2. The molecule has 21 heavy (non-hydrogen) atoms. The van der Waals surface area contributed by atoms with E-state index in [4.69, 9.17) is 5.11 Å². The van der Waals surface area contributed by atoms with Crippen molar-refractivity contribution in [3.05, 3.63) is 35.6 Å². The van der Waals surface area contributed by atoms with Gasteiger partial charge in [-0.25, -0.2) is 4.39 Å². The minimum absolute atomic E-state index is 0.00981. The highest BCUT2D eigenvalue weighted by Gasteiger charge is 2.27. The number of aliphatic carboxylic acids is 1. The van der Waals surface area contributed by atoms with Gasteiger partial charge in [-0.2, -0.15) is 0 Å². The standard InChI is InChI=1S/C16H20FNO3/c1-11(13-3-2-4-14(17)10-13)9-15(19)18-7-5-12(6-8-18)16(20)21/h2-4,10-12H,5-9H2,1H3,(H,20,21)/t11-/m0/s1. The molecule has 0 radical (unpaired) electrons. The van der Waals surface area contributed by atoms with Crippen molar-refractivity contribution in [3.63, 3.8) is 0 Å². The van der Waals surface area contributed by atoms with Crippen LogP contribution in [0.2, 0.25) is 0 Å². The van der Waals surface area contributed by atoms with Gasteiger partial charge in [0.1, 0.15) is 5.82 Å². The first-order valence-electron chi connectivity index (χ1n) is 7.23. The Kier molecular flexibility index (Phi) is 4.94. The number of carbonyl (C=O) groups excluding carboxylic acids is 1. The summed E-state index contributed by atoms with van der Waals surface area (Å²) in [7, 11) is 0. The van der Waals surface area contributed by atoms with Crippen molar-refractivity contribution < 1.29 is 19.1 Å². The molecule has 2 rings (SSSR count). The molecule has 1 amide bonds. The molecule has 0 aliphatic carbocycles. The first kappa shape index (κ1) is 15.5. The highest BCUT2D eigenvalue weighted by atomic mass is 19.1. The van der Waals surface area contributed by atoms with E-state index in [2.05, 4.69) is 0 Å². The average Bonchev–Trinajstić information content (AvgIpc) is 2.47. The molecule has 0 bridgehead atoms. The van der Waals surface area contributed by atoms with Crippen molar-refractivity contribution in [1.29, 1.82) is 0 Å². The summed E-state index contributed by atoms with van der Waals surface area (Å²) in [6.45, 7) is 2.88. The Morgan fingerprint density at radius 3 is 2.62 bits per heavy atom. The van der Waals surface area contributed by atoms with E-state index in [1.165, 1.54) is 12.1 Å². The summed E-state index contributed by atoms with van der Waals surface area (Å²) in [6, 6.07) is 6.30. The van der Waals surface area contributed by atoms with Crippen molar-refractivity contribution in [2.75, 3.05) is 13.1 Å². The lowest BCUT2D eigenvalue weighted by atomic mass is 9.94.